The highest BCUT2D eigenvalue weighted by Gasteiger charge is 2.50. The molecule has 22 nitrogen and oxygen atoms in total. The zero-order valence-electron chi connectivity index (χ0n) is 51.4. The largest absolute Gasteiger partial charge is 0.466 e. The molecule has 8 aliphatic heterocycles. The number of benzene rings is 2. The number of hydrogen-bond acceptors (Lipinski definition) is 20. The molecule has 0 unspecified atom stereocenters. The van der Waals surface area contributed by atoms with Crippen molar-refractivity contribution in [1.29, 1.82) is 0 Å². The van der Waals surface area contributed by atoms with Crippen LogP contribution in [0.5, 0.6) is 0 Å². The van der Waals surface area contributed by atoms with Crippen LogP contribution in [-0.4, -0.2) is 237 Å². The second-order valence-electron chi connectivity index (χ2n) is 24.4. The van der Waals surface area contributed by atoms with Crippen LogP contribution in [0, 0.1) is 11.6 Å². The van der Waals surface area contributed by atoms with Crippen LogP contribution in [0.15, 0.2) is 92.1 Å². The van der Waals surface area contributed by atoms with Crippen molar-refractivity contribution in [2.24, 2.45) is 9.98 Å². The first-order valence-corrected chi connectivity index (χ1v) is 32.8. The van der Waals surface area contributed by atoms with Crippen molar-refractivity contribution in [2.45, 2.75) is 115 Å². The maximum Gasteiger partial charge on any atom is 0.338 e. The number of likely N-dealkylation sites (tertiary alicyclic amines) is 2. The minimum absolute atomic E-state index is 0.0141. The van der Waals surface area contributed by atoms with Crippen molar-refractivity contribution in [3.05, 3.63) is 125 Å². The number of carbonyl (C=O) groups excluding carboxylic acids is 6. The Morgan fingerprint density at radius 3 is 1.31 bits per heavy atom. The number of carbonyl (C=O) groups is 6. The normalized spacial score (nSPS) is 25.9. The van der Waals surface area contributed by atoms with E-state index < -0.39 is 35.7 Å². The fourth-order valence-corrected chi connectivity index (χ4v) is 15.7. The molecule has 0 bridgehead atoms. The number of amides is 4. The smallest absolute Gasteiger partial charge is 0.338 e. The van der Waals surface area contributed by atoms with Crippen LogP contribution in [0.3, 0.4) is 0 Å². The molecule has 0 saturated carbocycles. The number of nitrogens with zero attached hydrogens (tertiary/aromatic N) is 12. The molecule has 12 rings (SSSR count). The Labute approximate surface area is 539 Å². The van der Waals surface area contributed by atoms with Gasteiger partial charge in [0.15, 0.2) is 21.7 Å². The Bertz CT molecular complexity index is 3330. The van der Waals surface area contributed by atoms with Gasteiger partial charge >= 0.3 is 24.0 Å². The second-order valence-corrected chi connectivity index (χ2v) is 27.0. The van der Waals surface area contributed by atoms with Crippen molar-refractivity contribution in [3.63, 3.8) is 0 Å². The predicted molar refractivity (Wildman–Crippen MR) is 337 cm³/mol. The monoisotopic (exact) mass is 1310 g/mol. The van der Waals surface area contributed by atoms with Crippen molar-refractivity contribution >= 4 is 93.1 Å². The number of ketones is 2. The van der Waals surface area contributed by atoms with Gasteiger partial charge in [0.25, 0.3) is 0 Å². The molecular formula is C62H74Cl2F2N14O8S2. The van der Waals surface area contributed by atoms with Gasteiger partial charge in [0, 0.05) is 158 Å². The molecule has 4 aromatic rings. The summed E-state index contributed by atoms with van der Waals surface area (Å²) in [6.45, 7) is 18.3. The quantitative estimate of drug-likeness (QED) is 0.112. The van der Waals surface area contributed by atoms with E-state index in [0.717, 1.165) is 0 Å². The van der Waals surface area contributed by atoms with Gasteiger partial charge in [-0.25, -0.2) is 37.9 Å². The molecule has 0 spiro atoms. The van der Waals surface area contributed by atoms with Crippen LogP contribution in [0.1, 0.15) is 87.6 Å². The molecule has 2 aromatic heterocycles. The number of halogens is 4. The van der Waals surface area contributed by atoms with Crippen LogP contribution < -0.4 is 10.6 Å². The Hall–Kier alpha value is -6.78. The summed E-state index contributed by atoms with van der Waals surface area (Å²) < 4.78 is 38.4. The van der Waals surface area contributed by atoms with Crippen molar-refractivity contribution < 1.29 is 47.0 Å². The highest BCUT2D eigenvalue weighted by molar-refractivity contribution is 7.12. The van der Waals surface area contributed by atoms with Gasteiger partial charge < -0.3 is 39.7 Å². The number of rotatable bonds is 16. The van der Waals surface area contributed by atoms with Crippen LogP contribution in [0.25, 0.3) is 0 Å². The molecular weight excluding hydrogens is 1240 g/mol. The van der Waals surface area contributed by atoms with Crippen LogP contribution >= 0.6 is 45.9 Å². The molecule has 0 aliphatic carbocycles. The third kappa shape index (κ3) is 13.2. The van der Waals surface area contributed by atoms with E-state index in [1.165, 1.54) is 73.3 Å². The fourth-order valence-electron chi connectivity index (χ4n) is 13.9. The maximum absolute atomic E-state index is 14.0. The summed E-state index contributed by atoms with van der Waals surface area (Å²) >= 11 is 15.8. The topological polar surface area (TPSA) is 221 Å². The molecule has 480 valence electrons. The van der Waals surface area contributed by atoms with Gasteiger partial charge in [0.2, 0.25) is 0 Å². The summed E-state index contributed by atoms with van der Waals surface area (Å²) in [6.07, 6.45) is 4.65. The number of hydrogen-bond donors (Lipinski definition) is 2. The number of thiazole rings is 2. The summed E-state index contributed by atoms with van der Waals surface area (Å²) in [5, 5.41) is 11.9. The fraction of sp³-hybridized carbons (Fsp3) is 0.516. The summed E-state index contributed by atoms with van der Waals surface area (Å²) in [7, 11) is 2.63. The van der Waals surface area contributed by atoms with Crippen molar-refractivity contribution in [1.82, 2.24) is 59.8 Å². The van der Waals surface area contributed by atoms with Crippen LogP contribution in [0.2, 0.25) is 10.0 Å². The van der Waals surface area contributed by atoms with Gasteiger partial charge in [-0.05, 0) is 78.6 Å². The number of fused-ring (bicyclic) bond motifs is 2. The predicted octanol–water partition coefficient (Wildman–Crippen LogP) is 6.63. The number of amidine groups is 2. The molecule has 8 aliphatic rings. The molecule has 4 amide bonds. The summed E-state index contributed by atoms with van der Waals surface area (Å²) in [6, 6.07) is 6.42. The molecule has 6 saturated heterocycles. The van der Waals surface area contributed by atoms with Crippen LogP contribution in [-0.2, 0) is 28.7 Å². The number of esters is 2. The second kappa shape index (κ2) is 27.2. The Morgan fingerprint density at radius 1 is 0.589 bits per heavy atom. The number of aromatic nitrogens is 2. The van der Waals surface area contributed by atoms with Gasteiger partial charge in [-0.15, -0.1) is 22.7 Å². The van der Waals surface area contributed by atoms with E-state index >= 15 is 0 Å². The minimum Gasteiger partial charge on any atom is -0.466 e. The molecule has 10 heterocycles. The number of aliphatic imine (C=N–C) groups is 2. The first-order valence-electron chi connectivity index (χ1n) is 30.2. The average Bonchev–Trinajstić information content (AvgIpc) is 2.00. The van der Waals surface area contributed by atoms with E-state index in [0.29, 0.717) is 136 Å². The Balaban J connectivity index is 0.000000185. The van der Waals surface area contributed by atoms with Gasteiger partial charge in [-0.1, -0.05) is 35.3 Å². The standard InChI is InChI=1S/2C31H37ClFN7O4S/c2*1-17(2)39-14-20(12-25(39)18(3)41)40-15-21-13-37(8-9-38(21)31(40)43)16-24-26(30(42)44-4)27(22-6-5-19(33)11-23(22)32)36-28(35-24)29-34-7-10-45-29/h2*5-7,10-11,17,20-21,25,27H,8-9,12-16H2,1-4H3,(H,35,36)/t20-,21+,25-,27+;20-,21-,25+,27-/m10/s1. The molecule has 8 atom stereocenters. The molecule has 6 fully saturated rings. The number of ether oxygens (including phenoxy) is 2. The molecule has 28 heteroatoms. The lowest BCUT2D eigenvalue weighted by atomic mass is 9.95. The van der Waals surface area contributed by atoms with Crippen molar-refractivity contribution in [2.75, 3.05) is 92.8 Å². The van der Waals surface area contributed by atoms with E-state index in [9.17, 15) is 37.5 Å². The summed E-state index contributed by atoms with van der Waals surface area (Å²) in [5.41, 5.74) is 2.71. The van der Waals surface area contributed by atoms with Gasteiger partial charge in [0.1, 0.15) is 35.3 Å². The average molecular weight is 1320 g/mol. The number of methoxy groups -OCH3 is 2. The molecule has 0 radical (unpaired) electrons. The number of nitrogens with one attached hydrogen (secondary N) is 2. The highest BCUT2D eigenvalue weighted by Crippen LogP contribution is 2.40. The van der Waals surface area contributed by atoms with Gasteiger partial charge in [0.05, 0.1) is 49.5 Å². The highest BCUT2D eigenvalue weighted by atomic mass is 35.5. The number of Topliss-reactive ketones (excluding diaryl/α,β-unsaturated/α-hetero) is 2. The third-order valence-corrected chi connectivity index (χ3v) is 20.5. The minimum atomic E-state index is -0.842. The van der Waals surface area contributed by atoms with E-state index in [-0.39, 0.29) is 93.2 Å². The number of urea groups is 2. The first kappa shape index (κ1) is 64.7. The maximum atomic E-state index is 14.0. The molecule has 2 aromatic carbocycles. The Morgan fingerprint density at radius 2 is 0.989 bits per heavy atom. The first-order chi connectivity index (χ1) is 43.1. The summed E-state index contributed by atoms with van der Waals surface area (Å²) in [4.78, 5) is 114. The lowest BCUT2D eigenvalue weighted by molar-refractivity contribution is -0.137. The lowest BCUT2D eigenvalue weighted by Crippen LogP contribution is -2.53. The van der Waals surface area contributed by atoms with E-state index in [4.69, 9.17) is 42.7 Å². The molecule has 90 heavy (non-hydrogen) atoms. The van der Waals surface area contributed by atoms with E-state index in [1.54, 1.807) is 26.2 Å². The zero-order valence-corrected chi connectivity index (χ0v) is 54.6. The SMILES string of the molecule is COC(=O)C1=C(CN2CCN3C(=O)N([C@@H]4C[C@H](C(C)=O)N(C(C)C)C4)C[C@@H]3C2)NC(c2nccs2)=N[C@H]1c1ccc(F)cc1Cl.COC(=O)C1=C(CN2CCN3C(=O)N([C@H]4C[C@H](C(C)=O)N(C(C)C)C4)C[C@@H]3C2)NC(c2nccs2)=N[C@H]1c1ccc(F)cc1Cl. The third-order valence-electron chi connectivity index (χ3n) is 18.3. The zero-order chi connectivity index (χ0) is 64.0. The number of piperazine rings is 2. The van der Waals surface area contributed by atoms with Crippen molar-refractivity contribution in [3.8, 4) is 0 Å². The van der Waals surface area contributed by atoms with E-state index in [1.807, 2.05) is 30.4 Å². The van der Waals surface area contributed by atoms with Gasteiger partial charge in [-0.2, -0.15) is 0 Å². The Kier molecular flexibility index (Phi) is 19.6. The van der Waals surface area contributed by atoms with E-state index in [2.05, 4.69) is 67.9 Å². The van der Waals surface area contributed by atoms with Crippen LogP contribution in [0.4, 0.5) is 18.4 Å². The molecule has 2 N–H and O–H groups in total. The summed E-state index contributed by atoms with van der Waals surface area (Å²) in [5.74, 6) is -0.882. The lowest BCUT2D eigenvalue weighted by Gasteiger charge is -2.38. The van der Waals surface area contributed by atoms with Gasteiger partial charge in [-0.3, -0.25) is 39.2 Å².